The molecule has 1 aliphatic heterocycles. The SMILES string of the molecule is O=C(NCCn1cnc2ccccc21)c1ccccc1S(=O)(=O)N1CCCCC1. The van der Waals surface area contributed by atoms with Crippen LogP contribution in [0.25, 0.3) is 11.0 Å². The zero-order chi connectivity index (χ0) is 20.3. The van der Waals surface area contributed by atoms with Crippen LogP contribution in [0.3, 0.4) is 0 Å². The van der Waals surface area contributed by atoms with E-state index < -0.39 is 10.0 Å². The standard InChI is InChI=1S/C21H24N4O3S/c26-21(22-12-15-24-16-23-18-9-3-4-10-19(18)24)17-8-2-5-11-20(17)29(27,28)25-13-6-1-7-14-25/h2-5,8-11,16H,1,6-7,12-15H2,(H,22,26). The summed E-state index contributed by atoms with van der Waals surface area (Å²) in [6.45, 7) is 1.93. The second kappa shape index (κ2) is 8.34. The number of carbonyl (C=O) groups is 1. The molecule has 1 aromatic heterocycles. The lowest BCUT2D eigenvalue weighted by atomic mass is 10.2. The third kappa shape index (κ3) is 4.04. The number of carbonyl (C=O) groups excluding carboxylic acids is 1. The molecule has 2 aromatic carbocycles. The molecule has 1 saturated heterocycles. The number of sulfonamides is 1. The Kier molecular flexibility index (Phi) is 5.64. The van der Waals surface area contributed by atoms with E-state index in [0.717, 1.165) is 30.3 Å². The first-order valence-corrected chi connectivity index (χ1v) is 11.3. The van der Waals surface area contributed by atoms with Crippen LogP contribution < -0.4 is 5.32 Å². The van der Waals surface area contributed by atoms with E-state index in [9.17, 15) is 13.2 Å². The molecule has 1 aliphatic rings. The van der Waals surface area contributed by atoms with Crippen molar-refractivity contribution in [2.24, 2.45) is 0 Å². The summed E-state index contributed by atoms with van der Waals surface area (Å²) in [5.41, 5.74) is 2.08. The molecule has 3 aromatic rings. The second-order valence-corrected chi connectivity index (χ2v) is 9.05. The number of para-hydroxylation sites is 2. The number of hydrogen-bond donors (Lipinski definition) is 1. The molecule has 1 amide bonds. The van der Waals surface area contributed by atoms with Crippen molar-refractivity contribution < 1.29 is 13.2 Å². The van der Waals surface area contributed by atoms with Crippen molar-refractivity contribution in [3.63, 3.8) is 0 Å². The van der Waals surface area contributed by atoms with Gasteiger partial charge in [0.05, 0.1) is 27.8 Å². The fourth-order valence-corrected chi connectivity index (χ4v) is 5.40. The smallest absolute Gasteiger partial charge is 0.252 e. The zero-order valence-electron chi connectivity index (χ0n) is 16.1. The molecule has 29 heavy (non-hydrogen) atoms. The number of amides is 1. The Balaban J connectivity index is 1.48. The van der Waals surface area contributed by atoms with Gasteiger partial charge in [0.25, 0.3) is 5.91 Å². The largest absolute Gasteiger partial charge is 0.350 e. The number of aromatic nitrogens is 2. The minimum absolute atomic E-state index is 0.0764. The molecule has 4 rings (SSSR count). The number of rotatable bonds is 6. The molecule has 8 heteroatoms. The van der Waals surface area contributed by atoms with Crippen LogP contribution in [0.15, 0.2) is 59.8 Å². The van der Waals surface area contributed by atoms with Crippen LogP contribution in [-0.4, -0.2) is 47.8 Å². The van der Waals surface area contributed by atoms with E-state index in [0.29, 0.717) is 26.2 Å². The first-order valence-electron chi connectivity index (χ1n) is 9.84. The van der Waals surface area contributed by atoms with E-state index >= 15 is 0 Å². The fraction of sp³-hybridized carbons (Fsp3) is 0.333. The lowest BCUT2D eigenvalue weighted by Crippen LogP contribution is -2.37. The number of hydrogen-bond acceptors (Lipinski definition) is 4. The van der Waals surface area contributed by atoms with E-state index in [1.807, 2.05) is 28.8 Å². The van der Waals surface area contributed by atoms with Gasteiger partial charge in [-0.25, -0.2) is 13.4 Å². The number of fused-ring (bicyclic) bond motifs is 1. The van der Waals surface area contributed by atoms with Gasteiger partial charge in [-0.05, 0) is 37.1 Å². The van der Waals surface area contributed by atoms with Crippen molar-refractivity contribution in [2.75, 3.05) is 19.6 Å². The summed E-state index contributed by atoms with van der Waals surface area (Å²) in [6.07, 6.45) is 4.49. The Hall–Kier alpha value is -2.71. The summed E-state index contributed by atoms with van der Waals surface area (Å²) in [6, 6.07) is 14.2. The molecular weight excluding hydrogens is 388 g/mol. The third-order valence-corrected chi connectivity index (χ3v) is 7.19. The van der Waals surface area contributed by atoms with Gasteiger partial charge in [0.15, 0.2) is 0 Å². The quantitative estimate of drug-likeness (QED) is 0.675. The molecule has 1 fully saturated rings. The van der Waals surface area contributed by atoms with Gasteiger partial charge in [-0.1, -0.05) is 30.7 Å². The van der Waals surface area contributed by atoms with Gasteiger partial charge in [-0.3, -0.25) is 4.79 Å². The van der Waals surface area contributed by atoms with Crippen LogP contribution in [0.1, 0.15) is 29.6 Å². The van der Waals surface area contributed by atoms with Crippen molar-refractivity contribution in [1.82, 2.24) is 19.2 Å². The Bertz CT molecular complexity index is 1120. The van der Waals surface area contributed by atoms with Gasteiger partial charge in [-0.2, -0.15) is 4.31 Å². The van der Waals surface area contributed by atoms with Crippen molar-refractivity contribution in [3.05, 3.63) is 60.4 Å². The monoisotopic (exact) mass is 412 g/mol. The van der Waals surface area contributed by atoms with Crippen molar-refractivity contribution in [1.29, 1.82) is 0 Å². The third-order valence-electron chi connectivity index (χ3n) is 5.23. The number of imidazole rings is 1. The normalized spacial score (nSPS) is 15.4. The van der Waals surface area contributed by atoms with Gasteiger partial charge >= 0.3 is 0 Å². The van der Waals surface area contributed by atoms with E-state index in [4.69, 9.17) is 0 Å². The molecule has 0 bridgehead atoms. The van der Waals surface area contributed by atoms with E-state index in [1.54, 1.807) is 24.5 Å². The summed E-state index contributed by atoms with van der Waals surface area (Å²) in [4.78, 5) is 17.2. The van der Waals surface area contributed by atoms with E-state index in [1.165, 1.54) is 10.4 Å². The Morgan fingerprint density at radius 2 is 1.72 bits per heavy atom. The van der Waals surface area contributed by atoms with Crippen molar-refractivity contribution in [3.8, 4) is 0 Å². The predicted octanol–water partition coefficient (Wildman–Crippen LogP) is 2.64. The van der Waals surface area contributed by atoms with Gasteiger partial charge in [0.1, 0.15) is 0 Å². The highest BCUT2D eigenvalue weighted by Crippen LogP contribution is 2.23. The van der Waals surface area contributed by atoms with Crippen LogP contribution in [0.4, 0.5) is 0 Å². The van der Waals surface area contributed by atoms with Crippen LogP contribution in [0, 0.1) is 0 Å². The van der Waals surface area contributed by atoms with E-state index in [-0.39, 0.29) is 16.4 Å². The van der Waals surface area contributed by atoms with Crippen LogP contribution in [-0.2, 0) is 16.6 Å². The van der Waals surface area contributed by atoms with Crippen molar-refractivity contribution in [2.45, 2.75) is 30.7 Å². The zero-order valence-corrected chi connectivity index (χ0v) is 16.9. The molecule has 0 saturated carbocycles. The van der Waals surface area contributed by atoms with Crippen LogP contribution in [0.5, 0.6) is 0 Å². The summed E-state index contributed by atoms with van der Waals surface area (Å²) in [7, 11) is -3.68. The van der Waals surface area contributed by atoms with Gasteiger partial charge < -0.3 is 9.88 Å². The lowest BCUT2D eigenvalue weighted by molar-refractivity contribution is 0.0949. The number of benzene rings is 2. The molecule has 0 radical (unpaired) electrons. The van der Waals surface area contributed by atoms with Gasteiger partial charge in [-0.15, -0.1) is 0 Å². The van der Waals surface area contributed by atoms with Crippen molar-refractivity contribution >= 4 is 27.0 Å². The molecule has 0 atom stereocenters. The maximum absolute atomic E-state index is 13.1. The fourth-order valence-electron chi connectivity index (χ4n) is 3.70. The summed E-state index contributed by atoms with van der Waals surface area (Å²) in [5, 5.41) is 2.85. The highest BCUT2D eigenvalue weighted by Gasteiger charge is 2.29. The summed E-state index contributed by atoms with van der Waals surface area (Å²) in [5.74, 6) is -0.384. The number of nitrogens with one attached hydrogen (secondary N) is 1. The second-order valence-electron chi connectivity index (χ2n) is 7.14. The molecule has 0 spiro atoms. The van der Waals surface area contributed by atoms with E-state index in [2.05, 4.69) is 10.3 Å². The molecule has 0 unspecified atom stereocenters. The minimum atomic E-state index is -3.68. The molecule has 1 N–H and O–H groups in total. The van der Waals surface area contributed by atoms with Gasteiger partial charge in [0.2, 0.25) is 10.0 Å². The maximum atomic E-state index is 13.1. The highest BCUT2D eigenvalue weighted by atomic mass is 32.2. The highest BCUT2D eigenvalue weighted by molar-refractivity contribution is 7.89. The molecular formula is C21H24N4O3S. The first-order chi connectivity index (χ1) is 14.1. The summed E-state index contributed by atoms with van der Waals surface area (Å²) < 4.78 is 29.6. The number of piperidine rings is 1. The topological polar surface area (TPSA) is 84.3 Å². The Morgan fingerprint density at radius 1 is 1.00 bits per heavy atom. The average Bonchev–Trinajstić information content (AvgIpc) is 3.17. The minimum Gasteiger partial charge on any atom is -0.350 e. The molecule has 0 aliphatic carbocycles. The van der Waals surface area contributed by atoms with Crippen LogP contribution in [0.2, 0.25) is 0 Å². The first kappa shape index (κ1) is 19.6. The molecule has 7 nitrogen and oxygen atoms in total. The lowest BCUT2D eigenvalue weighted by Gasteiger charge is -2.26. The maximum Gasteiger partial charge on any atom is 0.252 e. The predicted molar refractivity (Wildman–Crippen MR) is 111 cm³/mol. The Labute approximate surface area is 170 Å². The number of nitrogens with zero attached hydrogens (tertiary/aromatic N) is 3. The summed E-state index contributed by atoms with van der Waals surface area (Å²) >= 11 is 0. The Morgan fingerprint density at radius 3 is 2.55 bits per heavy atom. The average molecular weight is 413 g/mol. The molecule has 2 heterocycles. The van der Waals surface area contributed by atoms with Crippen LogP contribution >= 0.6 is 0 Å². The molecule has 152 valence electrons. The van der Waals surface area contributed by atoms with Gasteiger partial charge in [0, 0.05) is 26.2 Å².